The number of hydrogen-bond acceptors (Lipinski definition) is 5. The fraction of sp³-hybridized carbons (Fsp3) is 0.316. The topological polar surface area (TPSA) is 59.8 Å². The first kappa shape index (κ1) is 18.7. The van der Waals surface area contributed by atoms with Crippen molar-refractivity contribution >= 4 is 29.0 Å². The standard InChI is InChI=1S/C19H22N4OS2/c1-14(2)20-17(24)11-7-13-26-19-22-21-18(16-10-6-12-25-16)23(19)15-8-4-3-5-9-15/h3-6,8-10,12,14H,7,11,13H2,1-2H3,(H,20,24). The average Bonchev–Trinajstić information content (AvgIpc) is 3.28. The van der Waals surface area contributed by atoms with Crippen LogP contribution < -0.4 is 5.32 Å². The second kappa shape index (κ2) is 9.00. The molecule has 0 bridgehead atoms. The zero-order chi connectivity index (χ0) is 18.4. The number of thiophene rings is 1. The molecule has 3 rings (SSSR count). The molecule has 1 N–H and O–H groups in total. The van der Waals surface area contributed by atoms with Crippen molar-refractivity contribution in [3.8, 4) is 16.4 Å². The lowest BCUT2D eigenvalue weighted by atomic mass is 10.3. The van der Waals surface area contributed by atoms with Gasteiger partial charge in [0.05, 0.1) is 4.88 Å². The second-order valence-electron chi connectivity index (χ2n) is 6.13. The molecule has 0 radical (unpaired) electrons. The number of nitrogens with zero attached hydrogens (tertiary/aromatic N) is 3. The summed E-state index contributed by atoms with van der Waals surface area (Å²) in [5.41, 5.74) is 1.04. The van der Waals surface area contributed by atoms with E-state index in [0.29, 0.717) is 6.42 Å². The Bertz CT molecular complexity index is 829. The Morgan fingerprint density at radius 2 is 2.00 bits per heavy atom. The molecule has 0 unspecified atom stereocenters. The maximum Gasteiger partial charge on any atom is 0.220 e. The van der Waals surface area contributed by atoms with Gasteiger partial charge in [-0.15, -0.1) is 21.5 Å². The highest BCUT2D eigenvalue weighted by Gasteiger charge is 2.16. The first-order valence-corrected chi connectivity index (χ1v) is 10.5. The zero-order valence-corrected chi connectivity index (χ0v) is 16.5. The van der Waals surface area contributed by atoms with Crippen molar-refractivity contribution < 1.29 is 4.79 Å². The van der Waals surface area contributed by atoms with Crippen LogP contribution in [0.25, 0.3) is 16.4 Å². The molecule has 7 heteroatoms. The van der Waals surface area contributed by atoms with Gasteiger partial charge in [-0.05, 0) is 43.8 Å². The van der Waals surface area contributed by atoms with Crippen molar-refractivity contribution in [2.45, 2.75) is 37.9 Å². The van der Waals surface area contributed by atoms with E-state index in [1.54, 1.807) is 23.1 Å². The van der Waals surface area contributed by atoms with Crippen LogP contribution in [0, 0.1) is 0 Å². The molecule has 1 amide bonds. The van der Waals surface area contributed by atoms with Crippen LogP contribution in [0.4, 0.5) is 0 Å². The van der Waals surface area contributed by atoms with Gasteiger partial charge < -0.3 is 5.32 Å². The smallest absolute Gasteiger partial charge is 0.220 e. The fourth-order valence-electron chi connectivity index (χ4n) is 2.53. The van der Waals surface area contributed by atoms with Crippen LogP contribution in [0.3, 0.4) is 0 Å². The number of carbonyl (C=O) groups is 1. The van der Waals surface area contributed by atoms with E-state index in [2.05, 4.69) is 38.3 Å². The first-order chi connectivity index (χ1) is 12.6. The molecule has 2 aromatic heterocycles. The number of nitrogens with one attached hydrogen (secondary N) is 1. The maximum absolute atomic E-state index is 11.8. The highest BCUT2D eigenvalue weighted by Crippen LogP contribution is 2.30. The van der Waals surface area contributed by atoms with E-state index in [1.165, 1.54) is 0 Å². The lowest BCUT2D eigenvalue weighted by Gasteiger charge is -2.10. The highest BCUT2D eigenvalue weighted by atomic mass is 32.2. The van der Waals surface area contributed by atoms with E-state index in [9.17, 15) is 4.79 Å². The molecule has 0 aliphatic heterocycles. The van der Waals surface area contributed by atoms with Gasteiger partial charge >= 0.3 is 0 Å². The van der Waals surface area contributed by atoms with E-state index in [0.717, 1.165) is 33.7 Å². The van der Waals surface area contributed by atoms with Gasteiger partial charge in [0.1, 0.15) is 0 Å². The number of benzene rings is 1. The molecule has 0 fully saturated rings. The zero-order valence-electron chi connectivity index (χ0n) is 14.9. The summed E-state index contributed by atoms with van der Waals surface area (Å²) in [6.45, 7) is 3.95. The van der Waals surface area contributed by atoms with E-state index in [4.69, 9.17) is 0 Å². The number of amides is 1. The number of carbonyl (C=O) groups excluding carboxylic acids is 1. The molecule has 2 heterocycles. The number of para-hydroxylation sites is 1. The van der Waals surface area contributed by atoms with Gasteiger partial charge in [-0.1, -0.05) is 36.0 Å². The van der Waals surface area contributed by atoms with Crippen LogP contribution in [-0.4, -0.2) is 32.5 Å². The fourth-order valence-corrected chi connectivity index (χ4v) is 4.12. The molecule has 0 spiro atoms. The lowest BCUT2D eigenvalue weighted by molar-refractivity contribution is -0.121. The third kappa shape index (κ3) is 4.74. The third-order valence-corrected chi connectivity index (χ3v) is 5.50. The van der Waals surface area contributed by atoms with Gasteiger partial charge in [-0.3, -0.25) is 9.36 Å². The van der Waals surface area contributed by atoms with Gasteiger partial charge in [0.25, 0.3) is 0 Å². The summed E-state index contributed by atoms with van der Waals surface area (Å²) in [6, 6.07) is 14.4. The van der Waals surface area contributed by atoms with E-state index >= 15 is 0 Å². The number of aromatic nitrogens is 3. The summed E-state index contributed by atoms with van der Waals surface area (Å²) < 4.78 is 2.09. The largest absolute Gasteiger partial charge is 0.354 e. The van der Waals surface area contributed by atoms with Crippen molar-refractivity contribution in [3.05, 3.63) is 47.8 Å². The number of rotatable bonds is 8. The van der Waals surface area contributed by atoms with Gasteiger partial charge in [0, 0.05) is 23.9 Å². The molecule has 0 aliphatic carbocycles. The van der Waals surface area contributed by atoms with Crippen molar-refractivity contribution in [1.82, 2.24) is 20.1 Å². The second-order valence-corrected chi connectivity index (χ2v) is 8.14. The Balaban J connectivity index is 1.73. The van der Waals surface area contributed by atoms with Crippen LogP contribution >= 0.6 is 23.1 Å². The number of thioether (sulfide) groups is 1. The predicted molar refractivity (Wildman–Crippen MR) is 108 cm³/mol. The summed E-state index contributed by atoms with van der Waals surface area (Å²) in [6.07, 6.45) is 1.33. The minimum absolute atomic E-state index is 0.101. The minimum atomic E-state index is 0.101. The molecule has 0 aliphatic rings. The molecule has 26 heavy (non-hydrogen) atoms. The summed E-state index contributed by atoms with van der Waals surface area (Å²) >= 11 is 3.29. The molecule has 0 atom stereocenters. The maximum atomic E-state index is 11.8. The normalized spacial score (nSPS) is 11.0. The van der Waals surface area contributed by atoms with Crippen molar-refractivity contribution in [2.24, 2.45) is 0 Å². The molecule has 5 nitrogen and oxygen atoms in total. The Labute approximate surface area is 161 Å². The van der Waals surface area contributed by atoms with E-state index < -0.39 is 0 Å². The summed E-state index contributed by atoms with van der Waals surface area (Å²) in [5, 5.41) is 14.6. The van der Waals surface area contributed by atoms with Crippen molar-refractivity contribution in [2.75, 3.05) is 5.75 Å². The van der Waals surface area contributed by atoms with Crippen molar-refractivity contribution in [1.29, 1.82) is 0 Å². The quantitative estimate of drug-likeness (QED) is 0.461. The summed E-state index contributed by atoms with van der Waals surface area (Å²) in [7, 11) is 0. The molecule has 136 valence electrons. The molecule has 0 saturated carbocycles. The predicted octanol–water partition coefficient (Wildman–Crippen LogP) is 4.39. The summed E-state index contributed by atoms with van der Waals surface area (Å²) in [4.78, 5) is 12.8. The van der Waals surface area contributed by atoms with Gasteiger partial charge in [0.2, 0.25) is 5.91 Å². The minimum Gasteiger partial charge on any atom is -0.354 e. The van der Waals surface area contributed by atoms with Crippen LogP contribution in [0.2, 0.25) is 0 Å². The molecular weight excluding hydrogens is 364 g/mol. The van der Waals surface area contributed by atoms with Gasteiger partial charge in [-0.25, -0.2) is 0 Å². The molecule has 0 saturated heterocycles. The van der Waals surface area contributed by atoms with E-state index in [1.807, 2.05) is 43.5 Å². The van der Waals surface area contributed by atoms with Crippen LogP contribution in [0.5, 0.6) is 0 Å². The van der Waals surface area contributed by atoms with Gasteiger partial charge in [-0.2, -0.15) is 0 Å². The number of hydrogen-bond donors (Lipinski definition) is 1. The highest BCUT2D eigenvalue weighted by molar-refractivity contribution is 7.99. The van der Waals surface area contributed by atoms with Crippen LogP contribution in [0.15, 0.2) is 53.0 Å². The average molecular weight is 387 g/mol. The van der Waals surface area contributed by atoms with Crippen LogP contribution in [0.1, 0.15) is 26.7 Å². The monoisotopic (exact) mass is 386 g/mol. The summed E-state index contributed by atoms with van der Waals surface area (Å²) in [5.74, 6) is 1.77. The Morgan fingerprint density at radius 1 is 1.19 bits per heavy atom. The van der Waals surface area contributed by atoms with E-state index in [-0.39, 0.29) is 11.9 Å². The molecule has 3 aromatic rings. The van der Waals surface area contributed by atoms with Crippen molar-refractivity contribution in [3.63, 3.8) is 0 Å². The SMILES string of the molecule is CC(C)NC(=O)CCCSc1nnc(-c2cccs2)n1-c1ccccc1. The Kier molecular flexibility index (Phi) is 6.46. The first-order valence-electron chi connectivity index (χ1n) is 8.62. The van der Waals surface area contributed by atoms with Crippen LogP contribution in [-0.2, 0) is 4.79 Å². The lowest BCUT2D eigenvalue weighted by Crippen LogP contribution is -2.29. The molecular formula is C19H22N4OS2. The molecule has 1 aromatic carbocycles. The Hall–Kier alpha value is -2.12. The Morgan fingerprint density at radius 3 is 2.69 bits per heavy atom. The third-order valence-electron chi connectivity index (χ3n) is 3.62. The van der Waals surface area contributed by atoms with Gasteiger partial charge in [0.15, 0.2) is 11.0 Å².